The number of phenolic OH excluding ortho intramolecular Hbond substituents is 1. The molecule has 0 heterocycles. The second-order valence-corrected chi connectivity index (χ2v) is 11.3. The van der Waals surface area contributed by atoms with Crippen molar-refractivity contribution in [2.24, 2.45) is 17.6 Å². The van der Waals surface area contributed by atoms with E-state index in [-0.39, 0.29) is 29.7 Å². The van der Waals surface area contributed by atoms with Crippen LogP contribution in [0.5, 0.6) is 5.75 Å². The number of nitrogens with two attached hydrogens (primary N) is 1. The Bertz CT molecular complexity index is 1540. The number of aromatic hydroxyl groups is 1. The molecule has 0 saturated heterocycles. The number of phenols is 1. The van der Waals surface area contributed by atoms with Gasteiger partial charge in [-0.3, -0.25) is 19.3 Å². The predicted octanol–water partition coefficient (Wildman–Crippen LogP) is 2.01. The number of rotatable bonds is 4. The van der Waals surface area contributed by atoms with Crippen molar-refractivity contribution in [2.75, 3.05) is 33.1 Å². The number of amides is 1. The minimum atomic E-state index is -2.66. The third-order valence-corrected chi connectivity index (χ3v) is 8.61. The van der Waals surface area contributed by atoms with Gasteiger partial charge in [-0.2, -0.15) is 0 Å². The molecule has 10 heteroatoms. The summed E-state index contributed by atoms with van der Waals surface area (Å²) >= 11 is 0. The molecular weight excluding hydrogens is 514 g/mol. The number of hydrogen-bond acceptors (Lipinski definition) is 9. The molecule has 0 bridgehead atoms. The molecule has 3 aliphatic rings. The first kappa shape index (κ1) is 27.4. The maximum Gasteiger partial charge on any atom is 0.255 e. The standard InChI is InChI=1S/C30H33N3O7/c1-13-10-17(14-6-8-16(9-7-14)32(2)3)18-11-15-12-19-23(33(4)5)26(36)22(29(31)39)28(38)30(19,40)27(37)20(15)25(35)21(18)24(13)34/h6-10,15,19,23,34-35,38,40H,11-12H2,1-5H3,(H2,31,39)/t15-,19-,23-,30-/m1/s1. The van der Waals surface area contributed by atoms with Crippen LogP contribution < -0.4 is 10.6 Å². The van der Waals surface area contributed by atoms with Gasteiger partial charge < -0.3 is 31.1 Å². The number of ketones is 2. The maximum atomic E-state index is 14.0. The van der Waals surface area contributed by atoms with Crippen molar-refractivity contribution in [3.8, 4) is 16.9 Å². The van der Waals surface area contributed by atoms with E-state index in [0.717, 1.165) is 16.8 Å². The van der Waals surface area contributed by atoms with Gasteiger partial charge in [0.1, 0.15) is 22.8 Å². The number of likely N-dealkylation sites (N-methyl/N-ethyl adjacent to an activating group) is 1. The lowest BCUT2D eigenvalue weighted by molar-refractivity contribution is -0.153. The predicted molar refractivity (Wildman–Crippen MR) is 149 cm³/mol. The van der Waals surface area contributed by atoms with Gasteiger partial charge in [-0.15, -0.1) is 0 Å². The summed E-state index contributed by atoms with van der Waals surface area (Å²) in [5.74, 6) is -6.61. The highest BCUT2D eigenvalue weighted by Gasteiger charge is 2.64. The summed E-state index contributed by atoms with van der Waals surface area (Å²) < 4.78 is 0. The van der Waals surface area contributed by atoms with Crippen LogP contribution in [0.3, 0.4) is 0 Å². The van der Waals surface area contributed by atoms with Crippen LogP contribution in [0, 0.1) is 18.8 Å². The summed E-state index contributed by atoms with van der Waals surface area (Å²) in [5, 5.41) is 45.3. The molecule has 40 heavy (non-hydrogen) atoms. The van der Waals surface area contributed by atoms with Crippen LogP contribution in [0.15, 0.2) is 47.2 Å². The van der Waals surface area contributed by atoms with Gasteiger partial charge >= 0.3 is 0 Å². The summed E-state index contributed by atoms with van der Waals surface area (Å²) in [4.78, 5) is 42.9. The highest BCUT2D eigenvalue weighted by molar-refractivity contribution is 6.24. The Balaban J connectivity index is 1.73. The van der Waals surface area contributed by atoms with Gasteiger partial charge in [-0.25, -0.2) is 0 Å². The molecule has 0 aromatic heterocycles. The minimum absolute atomic E-state index is 0.0411. The third kappa shape index (κ3) is 3.66. The average molecular weight is 548 g/mol. The number of aliphatic hydroxyl groups excluding tert-OH is 2. The number of primary amides is 1. The van der Waals surface area contributed by atoms with E-state index in [1.54, 1.807) is 21.0 Å². The Morgan fingerprint density at radius 1 is 1.05 bits per heavy atom. The number of Topliss-reactive ketones (excluding diaryl/α,β-unsaturated/α-hetero) is 2. The monoisotopic (exact) mass is 547 g/mol. The fraction of sp³-hybridized carbons (Fsp3) is 0.367. The van der Waals surface area contributed by atoms with E-state index in [4.69, 9.17) is 5.73 Å². The van der Waals surface area contributed by atoms with Crippen molar-refractivity contribution in [1.29, 1.82) is 0 Å². The molecule has 210 valence electrons. The van der Waals surface area contributed by atoms with Gasteiger partial charge in [0.15, 0.2) is 11.4 Å². The van der Waals surface area contributed by atoms with E-state index in [1.165, 1.54) is 4.90 Å². The third-order valence-electron chi connectivity index (χ3n) is 8.61. The van der Waals surface area contributed by atoms with Crippen molar-refractivity contribution in [3.05, 3.63) is 63.9 Å². The number of nitrogens with zero attached hydrogens (tertiary/aromatic N) is 2. The molecule has 4 atom stereocenters. The fourth-order valence-corrected chi connectivity index (χ4v) is 6.64. The van der Waals surface area contributed by atoms with Crippen molar-refractivity contribution in [1.82, 2.24) is 4.90 Å². The van der Waals surface area contributed by atoms with E-state index in [1.807, 2.05) is 49.3 Å². The second-order valence-electron chi connectivity index (χ2n) is 11.3. The van der Waals surface area contributed by atoms with Crippen molar-refractivity contribution >= 4 is 28.9 Å². The largest absolute Gasteiger partial charge is 0.508 e. The summed E-state index contributed by atoms with van der Waals surface area (Å²) in [6.07, 6.45) is 0.270. The molecule has 5 rings (SSSR count). The minimum Gasteiger partial charge on any atom is -0.508 e. The molecule has 6 N–H and O–H groups in total. The van der Waals surface area contributed by atoms with Gasteiger partial charge in [0, 0.05) is 31.3 Å². The van der Waals surface area contributed by atoms with Crippen LogP contribution >= 0.6 is 0 Å². The van der Waals surface area contributed by atoms with Gasteiger partial charge in [0.25, 0.3) is 5.91 Å². The zero-order valence-electron chi connectivity index (χ0n) is 23.0. The first-order valence-electron chi connectivity index (χ1n) is 13.0. The van der Waals surface area contributed by atoms with Crippen molar-refractivity contribution in [2.45, 2.75) is 31.4 Å². The number of fused-ring (bicyclic) bond motifs is 3. The lowest BCUT2D eigenvalue weighted by atomic mass is 9.57. The zero-order chi connectivity index (χ0) is 29.4. The summed E-state index contributed by atoms with van der Waals surface area (Å²) in [6.45, 7) is 1.69. The van der Waals surface area contributed by atoms with Gasteiger partial charge in [-0.05, 0) is 80.2 Å². The van der Waals surface area contributed by atoms with Crippen molar-refractivity contribution in [3.63, 3.8) is 0 Å². The Hall–Kier alpha value is -4.15. The van der Waals surface area contributed by atoms with Gasteiger partial charge in [-0.1, -0.05) is 12.1 Å². The summed E-state index contributed by atoms with van der Waals surface area (Å²) in [6, 6.07) is 8.51. The second kappa shape index (κ2) is 9.21. The van der Waals surface area contributed by atoms with Crippen LogP contribution in [-0.4, -0.2) is 82.6 Å². The van der Waals surface area contributed by atoms with E-state index >= 15 is 0 Å². The molecule has 0 aliphatic heterocycles. The van der Waals surface area contributed by atoms with Crippen molar-refractivity contribution < 1.29 is 34.8 Å². The first-order chi connectivity index (χ1) is 18.7. The van der Waals surface area contributed by atoms with Crippen LogP contribution in [-0.2, 0) is 20.8 Å². The number of aliphatic hydroxyl groups is 3. The molecule has 0 radical (unpaired) electrons. The van der Waals surface area contributed by atoms with E-state index < -0.39 is 58.0 Å². The number of hydrogen-bond donors (Lipinski definition) is 5. The molecule has 10 nitrogen and oxygen atoms in total. The van der Waals surface area contributed by atoms with Gasteiger partial charge in [0.05, 0.1) is 11.6 Å². The highest BCUT2D eigenvalue weighted by atomic mass is 16.3. The lowest BCUT2D eigenvalue weighted by Crippen LogP contribution is -2.65. The Labute approximate surface area is 231 Å². The SMILES string of the molecule is Cc1cc(-c2ccc(N(C)C)cc2)c2c(c1O)C(O)=C1C(=O)[C@@]3(O)C(O)=C(C(N)=O)C(=O)[C@H](N(C)C)[C@H]3C[C@H]1C2. The van der Waals surface area contributed by atoms with E-state index in [0.29, 0.717) is 11.1 Å². The van der Waals surface area contributed by atoms with E-state index in [9.17, 15) is 34.8 Å². The number of carbonyl (C=O) groups excluding carboxylic acids is 3. The zero-order valence-corrected chi connectivity index (χ0v) is 23.0. The van der Waals surface area contributed by atoms with Crippen LogP contribution in [0.2, 0.25) is 0 Å². The highest BCUT2D eigenvalue weighted by Crippen LogP contribution is 2.54. The first-order valence-corrected chi connectivity index (χ1v) is 13.0. The molecule has 1 amide bonds. The lowest BCUT2D eigenvalue weighted by Gasteiger charge is -2.50. The molecule has 2 aromatic carbocycles. The molecule has 2 aromatic rings. The molecular formula is C30H33N3O7. The Morgan fingerprint density at radius 2 is 1.68 bits per heavy atom. The number of carbonyl (C=O) groups is 3. The normalized spacial score (nSPS) is 26.0. The average Bonchev–Trinajstić information content (AvgIpc) is 2.88. The fourth-order valence-electron chi connectivity index (χ4n) is 6.64. The number of benzene rings is 2. The molecule has 1 saturated carbocycles. The number of aryl methyl sites for hydroxylation is 1. The smallest absolute Gasteiger partial charge is 0.255 e. The van der Waals surface area contributed by atoms with Crippen LogP contribution in [0.25, 0.3) is 16.9 Å². The summed E-state index contributed by atoms with van der Waals surface area (Å²) in [7, 11) is 7.01. The molecule has 0 spiro atoms. The Morgan fingerprint density at radius 3 is 2.23 bits per heavy atom. The molecule has 3 aliphatic carbocycles. The Kier molecular flexibility index (Phi) is 6.31. The van der Waals surface area contributed by atoms with E-state index in [2.05, 4.69) is 0 Å². The maximum absolute atomic E-state index is 14.0. The molecule has 0 unspecified atom stereocenters. The quantitative estimate of drug-likeness (QED) is 0.360. The topological polar surface area (TPSA) is 165 Å². The number of anilines is 1. The van der Waals surface area contributed by atoms with Crippen LogP contribution in [0.1, 0.15) is 23.1 Å². The summed E-state index contributed by atoms with van der Waals surface area (Å²) in [5.41, 5.74) is 5.54. The molecule has 1 fully saturated rings. The van der Waals surface area contributed by atoms with Gasteiger partial charge in [0.2, 0.25) is 5.78 Å². The van der Waals surface area contributed by atoms with Crippen LogP contribution in [0.4, 0.5) is 5.69 Å².